The Kier molecular flexibility index (Phi) is 6.91. The highest BCUT2D eigenvalue weighted by atomic mass is 79.9. The Morgan fingerprint density at radius 3 is 2.54 bits per heavy atom. The normalized spacial score (nSPS) is 21.2. The van der Waals surface area contributed by atoms with Gasteiger partial charge in [-0.15, -0.1) is 0 Å². The van der Waals surface area contributed by atoms with Crippen molar-refractivity contribution in [2.45, 2.75) is 32.4 Å². The number of guanidine groups is 1. The van der Waals surface area contributed by atoms with Gasteiger partial charge in [-0.25, -0.2) is 4.99 Å². The van der Waals surface area contributed by atoms with Gasteiger partial charge in [-0.05, 0) is 37.5 Å². The molecule has 2 fully saturated rings. The number of carbonyl (C=O) groups excluding carboxylic acids is 1. The van der Waals surface area contributed by atoms with E-state index in [1.807, 2.05) is 17.0 Å². The third-order valence-electron chi connectivity index (χ3n) is 4.76. The molecule has 2 aliphatic heterocycles. The molecule has 1 N–H and O–H groups in total. The molecule has 1 amide bonds. The summed E-state index contributed by atoms with van der Waals surface area (Å²) in [6.07, 6.45) is 1.63. The summed E-state index contributed by atoms with van der Waals surface area (Å²) in [6, 6.07) is 8.23. The van der Waals surface area contributed by atoms with Crippen LogP contribution < -0.4 is 5.32 Å². The van der Waals surface area contributed by atoms with Gasteiger partial charge in [0.25, 0.3) is 5.91 Å². The number of aliphatic imine (C=N–C) groups is 1. The van der Waals surface area contributed by atoms with Crippen LogP contribution in [0, 0.1) is 0 Å². The first kappa shape index (κ1) is 19.2. The molecule has 0 spiro atoms. The van der Waals surface area contributed by atoms with E-state index in [1.165, 1.54) is 5.56 Å². The molecule has 3 rings (SSSR count). The van der Waals surface area contributed by atoms with Crippen molar-refractivity contribution in [3.05, 3.63) is 34.3 Å². The number of piperazine rings is 1. The zero-order valence-corrected chi connectivity index (χ0v) is 16.9. The highest BCUT2D eigenvalue weighted by molar-refractivity contribution is 9.10. The number of carbonyl (C=O) groups is 1. The minimum atomic E-state index is -0.221. The van der Waals surface area contributed by atoms with Crippen LogP contribution in [-0.4, -0.2) is 67.1 Å². The molecule has 0 bridgehead atoms. The highest BCUT2D eigenvalue weighted by Crippen LogP contribution is 2.16. The zero-order chi connectivity index (χ0) is 18.4. The van der Waals surface area contributed by atoms with Crippen LogP contribution in [0.5, 0.6) is 0 Å². The van der Waals surface area contributed by atoms with Gasteiger partial charge in [-0.1, -0.05) is 28.1 Å². The van der Waals surface area contributed by atoms with E-state index < -0.39 is 0 Å². The van der Waals surface area contributed by atoms with Crippen molar-refractivity contribution in [1.82, 2.24) is 15.1 Å². The van der Waals surface area contributed by atoms with E-state index in [1.54, 1.807) is 0 Å². The minimum Gasteiger partial charge on any atom is -0.368 e. The zero-order valence-electron chi connectivity index (χ0n) is 15.3. The maximum Gasteiger partial charge on any atom is 0.251 e. The van der Waals surface area contributed by atoms with Crippen LogP contribution in [-0.2, 0) is 16.1 Å². The molecule has 0 saturated carbocycles. The quantitative estimate of drug-likeness (QED) is 0.596. The molecule has 26 heavy (non-hydrogen) atoms. The molecule has 0 aliphatic carbocycles. The smallest absolute Gasteiger partial charge is 0.251 e. The Balaban J connectivity index is 1.56. The number of nitrogens with one attached hydrogen (secondary N) is 1. The summed E-state index contributed by atoms with van der Waals surface area (Å²) in [5.74, 6) is 1.07. The first-order valence-corrected chi connectivity index (χ1v) is 10.1. The van der Waals surface area contributed by atoms with E-state index in [9.17, 15) is 4.79 Å². The first-order valence-electron chi connectivity index (χ1n) is 9.35. The van der Waals surface area contributed by atoms with Gasteiger partial charge >= 0.3 is 0 Å². The van der Waals surface area contributed by atoms with E-state index in [2.05, 4.69) is 45.2 Å². The maximum atomic E-state index is 12.5. The fourth-order valence-electron chi connectivity index (χ4n) is 3.30. The van der Waals surface area contributed by atoms with E-state index in [-0.39, 0.29) is 12.0 Å². The molecule has 1 atom stereocenters. The lowest BCUT2D eigenvalue weighted by Gasteiger charge is -2.37. The van der Waals surface area contributed by atoms with Crippen molar-refractivity contribution in [3.63, 3.8) is 0 Å². The molecule has 7 heteroatoms. The van der Waals surface area contributed by atoms with E-state index in [0.717, 1.165) is 56.0 Å². The van der Waals surface area contributed by atoms with Crippen LogP contribution in [0.2, 0.25) is 0 Å². The molecule has 0 aromatic heterocycles. The Morgan fingerprint density at radius 2 is 1.92 bits per heavy atom. The third kappa shape index (κ3) is 4.98. The van der Waals surface area contributed by atoms with Crippen molar-refractivity contribution in [2.75, 3.05) is 39.3 Å². The molecule has 1 aromatic carbocycles. The van der Waals surface area contributed by atoms with Crippen LogP contribution in [0.3, 0.4) is 0 Å². The van der Waals surface area contributed by atoms with E-state index in [0.29, 0.717) is 13.2 Å². The summed E-state index contributed by atoms with van der Waals surface area (Å²) >= 11 is 3.46. The highest BCUT2D eigenvalue weighted by Gasteiger charge is 2.30. The number of amides is 1. The largest absolute Gasteiger partial charge is 0.368 e. The third-order valence-corrected chi connectivity index (χ3v) is 5.28. The molecular weight excluding hydrogens is 396 g/mol. The van der Waals surface area contributed by atoms with Gasteiger partial charge in [-0.3, -0.25) is 4.79 Å². The minimum absolute atomic E-state index is 0.152. The van der Waals surface area contributed by atoms with Crippen molar-refractivity contribution in [1.29, 1.82) is 0 Å². The standard InChI is InChI=1S/C19H27BrN4O2/c1-2-21-19(22-14-15-5-7-16(20)8-6-15)24-11-9-23(10-12-24)18(25)17-4-3-13-26-17/h5-8,17H,2-4,9-14H2,1H3,(H,21,22). The molecule has 142 valence electrons. The van der Waals surface area contributed by atoms with Crippen molar-refractivity contribution >= 4 is 27.8 Å². The second kappa shape index (κ2) is 9.37. The number of halogens is 1. The summed E-state index contributed by atoms with van der Waals surface area (Å²) in [5, 5.41) is 3.37. The number of nitrogens with zero attached hydrogens (tertiary/aromatic N) is 3. The molecule has 0 radical (unpaired) electrons. The summed E-state index contributed by atoms with van der Waals surface area (Å²) in [4.78, 5) is 21.4. The second-order valence-corrected chi connectivity index (χ2v) is 7.53. The Hall–Kier alpha value is -1.60. The fraction of sp³-hybridized carbons (Fsp3) is 0.579. The molecule has 2 saturated heterocycles. The molecular formula is C19H27BrN4O2. The molecule has 1 aromatic rings. The van der Waals surface area contributed by atoms with Crippen LogP contribution in [0.25, 0.3) is 0 Å². The van der Waals surface area contributed by atoms with Crippen molar-refractivity contribution in [2.24, 2.45) is 4.99 Å². The van der Waals surface area contributed by atoms with Gasteiger partial charge in [0.15, 0.2) is 5.96 Å². The lowest BCUT2D eigenvalue weighted by Crippen LogP contribution is -2.55. The Morgan fingerprint density at radius 1 is 1.23 bits per heavy atom. The van der Waals surface area contributed by atoms with E-state index in [4.69, 9.17) is 9.73 Å². The molecule has 6 nitrogen and oxygen atoms in total. The van der Waals surface area contributed by atoms with Gasteiger partial charge in [0, 0.05) is 43.8 Å². The van der Waals surface area contributed by atoms with Gasteiger partial charge in [0.05, 0.1) is 6.54 Å². The predicted molar refractivity (Wildman–Crippen MR) is 106 cm³/mol. The lowest BCUT2D eigenvalue weighted by molar-refractivity contribution is -0.142. The number of rotatable bonds is 4. The lowest BCUT2D eigenvalue weighted by atomic mass is 10.2. The van der Waals surface area contributed by atoms with Crippen LogP contribution in [0.4, 0.5) is 0 Å². The summed E-state index contributed by atoms with van der Waals surface area (Å²) in [7, 11) is 0. The topological polar surface area (TPSA) is 57.2 Å². The Labute approximate surface area is 163 Å². The first-order chi connectivity index (χ1) is 12.7. The average molecular weight is 423 g/mol. The maximum absolute atomic E-state index is 12.5. The van der Waals surface area contributed by atoms with Crippen LogP contribution >= 0.6 is 15.9 Å². The van der Waals surface area contributed by atoms with Crippen molar-refractivity contribution in [3.8, 4) is 0 Å². The summed E-state index contributed by atoms with van der Waals surface area (Å²) in [6.45, 7) is 7.30. The van der Waals surface area contributed by atoms with Gasteiger partial charge in [-0.2, -0.15) is 0 Å². The van der Waals surface area contributed by atoms with Crippen LogP contribution in [0.1, 0.15) is 25.3 Å². The second-order valence-electron chi connectivity index (χ2n) is 6.61. The fourth-order valence-corrected chi connectivity index (χ4v) is 3.56. The van der Waals surface area contributed by atoms with Gasteiger partial charge in [0.1, 0.15) is 6.10 Å². The average Bonchev–Trinajstić information content (AvgIpc) is 3.21. The predicted octanol–water partition coefficient (Wildman–Crippen LogP) is 2.24. The number of benzene rings is 1. The SMILES string of the molecule is CCNC(=NCc1ccc(Br)cc1)N1CCN(C(=O)C2CCCO2)CC1. The monoisotopic (exact) mass is 422 g/mol. The van der Waals surface area contributed by atoms with Crippen LogP contribution in [0.15, 0.2) is 33.7 Å². The van der Waals surface area contributed by atoms with Crippen molar-refractivity contribution < 1.29 is 9.53 Å². The molecule has 1 unspecified atom stereocenters. The Bertz CT molecular complexity index is 621. The molecule has 2 aliphatic rings. The number of hydrogen-bond donors (Lipinski definition) is 1. The number of hydrogen-bond acceptors (Lipinski definition) is 3. The number of ether oxygens (including phenoxy) is 1. The van der Waals surface area contributed by atoms with Gasteiger partial charge < -0.3 is 19.9 Å². The summed E-state index contributed by atoms with van der Waals surface area (Å²) in [5.41, 5.74) is 1.18. The molecule has 2 heterocycles. The summed E-state index contributed by atoms with van der Waals surface area (Å²) < 4.78 is 6.61. The van der Waals surface area contributed by atoms with Gasteiger partial charge in [0.2, 0.25) is 0 Å². The van der Waals surface area contributed by atoms with E-state index >= 15 is 0 Å².